The molecule has 0 aliphatic carbocycles. The third-order valence-electron chi connectivity index (χ3n) is 2.42. The van der Waals surface area contributed by atoms with Crippen LogP contribution in [-0.2, 0) is 9.53 Å². The van der Waals surface area contributed by atoms with Crippen molar-refractivity contribution in [3.05, 3.63) is 12.2 Å². The summed E-state index contributed by atoms with van der Waals surface area (Å²) in [5.41, 5.74) is 0.432. The van der Waals surface area contributed by atoms with Crippen molar-refractivity contribution < 1.29 is 9.53 Å². The Labute approximate surface area is 104 Å². The Bertz CT molecular complexity index is 214. The van der Waals surface area contributed by atoms with Gasteiger partial charge in [-0.25, -0.2) is 4.79 Å². The lowest BCUT2D eigenvalue weighted by atomic mass is 10.1. The van der Waals surface area contributed by atoms with E-state index in [-0.39, 0.29) is 12.1 Å². The first-order chi connectivity index (χ1) is 7.61. The van der Waals surface area contributed by atoms with Gasteiger partial charge in [-0.3, -0.25) is 0 Å². The van der Waals surface area contributed by atoms with Gasteiger partial charge >= 0.3 is 5.97 Å². The zero-order chi connectivity index (χ0) is 12.4. The summed E-state index contributed by atoms with van der Waals surface area (Å²) in [5, 5.41) is 0. The maximum atomic E-state index is 11.3. The van der Waals surface area contributed by atoms with E-state index >= 15 is 0 Å². The number of unbranched alkanes of at least 4 members (excludes halogenated alkanes) is 4. The fourth-order valence-corrected chi connectivity index (χ4v) is 1.61. The fraction of sp³-hybridized carbons (Fsp3) is 0.769. The van der Waals surface area contributed by atoms with Gasteiger partial charge in [-0.1, -0.05) is 39.2 Å². The molecule has 0 fully saturated rings. The first-order valence-electron chi connectivity index (χ1n) is 6.04. The van der Waals surface area contributed by atoms with Gasteiger partial charge in [0, 0.05) is 5.57 Å². The SMILES string of the molecule is C=C(C)C(=O)OC(CCl)CCCCCCC. The molecular formula is C13H23ClO2. The molecule has 3 heteroatoms. The van der Waals surface area contributed by atoms with Crippen molar-refractivity contribution in [3.8, 4) is 0 Å². The van der Waals surface area contributed by atoms with Gasteiger partial charge in [0.25, 0.3) is 0 Å². The van der Waals surface area contributed by atoms with E-state index in [4.69, 9.17) is 16.3 Å². The van der Waals surface area contributed by atoms with Gasteiger partial charge in [0.05, 0.1) is 5.88 Å². The van der Waals surface area contributed by atoms with Crippen LogP contribution in [0.1, 0.15) is 52.4 Å². The average molecular weight is 247 g/mol. The maximum absolute atomic E-state index is 11.3. The van der Waals surface area contributed by atoms with Crippen molar-refractivity contribution in [2.75, 3.05) is 5.88 Å². The molecule has 16 heavy (non-hydrogen) atoms. The van der Waals surface area contributed by atoms with Crippen LogP contribution in [0.2, 0.25) is 0 Å². The quantitative estimate of drug-likeness (QED) is 0.265. The Morgan fingerprint density at radius 2 is 1.94 bits per heavy atom. The van der Waals surface area contributed by atoms with E-state index < -0.39 is 0 Å². The minimum atomic E-state index is -0.334. The molecule has 0 heterocycles. The zero-order valence-corrected chi connectivity index (χ0v) is 11.2. The highest BCUT2D eigenvalue weighted by Crippen LogP contribution is 2.12. The summed E-state index contributed by atoms with van der Waals surface area (Å²) < 4.78 is 5.20. The molecule has 0 N–H and O–H groups in total. The fourth-order valence-electron chi connectivity index (χ4n) is 1.40. The Hall–Kier alpha value is -0.500. The molecule has 0 saturated carbocycles. The van der Waals surface area contributed by atoms with E-state index in [2.05, 4.69) is 13.5 Å². The molecule has 0 spiro atoms. The number of halogens is 1. The Morgan fingerprint density at radius 3 is 2.44 bits per heavy atom. The number of ether oxygens (including phenoxy) is 1. The highest BCUT2D eigenvalue weighted by Gasteiger charge is 2.13. The summed E-state index contributed by atoms with van der Waals surface area (Å²) in [7, 11) is 0. The maximum Gasteiger partial charge on any atom is 0.333 e. The second-order valence-electron chi connectivity index (χ2n) is 4.16. The molecular weight excluding hydrogens is 224 g/mol. The molecule has 0 saturated heterocycles. The van der Waals surface area contributed by atoms with Crippen LogP contribution in [0.15, 0.2) is 12.2 Å². The van der Waals surface area contributed by atoms with Gasteiger partial charge in [0.1, 0.15) is 6.10 Å². The number of esters is 1. The lowest BCUT2D eigenvalue weighted by molar-refractivity contribution is -0.143. The van der Waals surface area contributed by atoms with Crippen molar-refractivity contribution in [1.82, 2.24) is 0 Å². The van der Waals surface area contributed by atoms with Crippen LogP contribution in [0.3, 0.4) is 0 Å². The highest BCUT2D eigenvalue weighted by atomic mass is 35.5. The summed E-state index contributed by atoms with van der Waals surface area (Å²) >= 11 is 5.75. The van der Waals surface area contributed by atoms with E-state index in [0.29, 0.717) is 11.5 Å². The number of hydrogen-bond acceptors (Lipinski definition) is 2. The van der Waals surface area contributed by atoms with Gasteiger partial charge in [-0.15, -0.1) is 11.6 Å². The number of carbonyl (C=O) groups is 1. The molecule has 2 nitrogen and oxygen atoms in total. The third kappa shape index (κ3) is 7.75. The highest BCUT2D eigenvalue weighted by molar-refractivity contribution is 6.18. The lowest BCUT2D eigenvalue weighted by Crippen LogP contribution is -2.20. The molecule has 0 aromatic carbocycles. The van der Waals surface area contributed by atoms with Crippen LogP contribution in [-0.4, -0.2) is 18.0 Å². The van der Waals surface area contributed by atoms with E-state index in [1.807, 2.05) is 0 Å². The number of alkyl halides is 1. The summed E-state index contributed by atoms with van der Waals surface area (Å²) in [6.07, 6.45) is 6.71. The predicted octanol–water partition coefficient (Wildman–Crippen LogP) is 4.07. The van der Waals surface area contributed by atoms with Gasteiger partial charge in [-0.2, -0.15) is 0 Å². The van der Waals surface area contributed by atoms with Crippen LogP contribution >= 0.6 is 11.6 Å². The van der Waals surface area contributed by atoms with Crippen molar-refractivity contribution in [3.63, 3.8) is 0 Å². The van der Waals surface area contributed by atoms with E-state index in [1.54, 1.807) is 6.92 Å². The van der Waals surface area contributed by atoms with Crippen LogP contribution in [0.5, 0.6) is 0 Å². The Morgan fingerprint density at radius 1 is 1.31 bits per heavy atom. The number of rotatable bonds is 9. The topological polar surface area (TPSA) is 26.3 Å². The molecule has 0 aliphatic heterocycles. The second-order valence-corrected chi connectivity index (χ2v) is 4.47. The van der Waals surface area contributed by atoms with Crippen LogP contribution in [0.25, 0.3) is 0 Å². The molecule has 0 rings (SSSR count). The van der Waals surface area contributed by atoms with Gasteiger partial charge < -0.3 is 4.74 Å². The minimum absolute atomic E-state index is 0.160. The van der Waals surface area contributed by atoms with E-state index in [1.165, 1.54) is 25.7 Å². The molecule has 0 radical (unpaired) electrons. The van der Waals surface area contributed by atoms with E-state index in [9.17, 15) is 4.79 Å². The normalized spacial score (nSPS) is 12.2. The van der Waals surface area contributed by atoms with Crippen molar-refractivity contribution in [2.24, 2.45) is 0 Å². The largest absolute Gasteiger partial charge is 0.458 e. The molecule has 94 valence electrons. The van der Waals surface area contributed by atoms with Gasteiger partial charge in [0.2, 0.25) is 0 Å². The average Bonchev–Trinajstić information content (AvgIpc) is 2.26. The smallest absolute Gasteiger partial charge is 0.333 e. The molecule has 1 atom stereocenters. The summed E-state index contributed by atoms with van der Waals surface area (Å²) in [6, 6.07) is 0. The first-order valence-corrected chi connectivity index (χ1v) is 6.57. The summed E-state index contributed by atoms with van der Waals surface area (Å²) in [6.45, 7) is 7.38. The minimum Gasteiger partial charge on any atom is -0.458 e. The summed E-state index contributed by atoms with van der Waals surface area (Å²) in [5.74, 6) is 0.0338. The van der Waals surface area contributed by atoms with Crippen LogP contribution in [0.4, 0.5) is 0 Å². The molecule has 0 amide bonds. The monoisotopic (exact) mass is 246 g/mol. The number of hydrogen-bond donors (Lipinski definition) is 0. The molecule has 0 bridgehead atoms. The van der Waals surface area contributed by atoms with Crippen LogP contribution < -0.4 is 0 Å². The zero-order valence-electron chi connectivity index (χ0n) is 10.4. The lowest BCUT2D eigenvalue weighted by Gasteiger charge is -2.15. The van der Waals surface area contributed by atoms with Crippen molar-refractivity contribution >= 4 is 17.6 Å². The Balaban J connectivity index is 3.67. The first kappa shape index (κ1) is 15.5. The Kier molecular flexibility index (Phi) is 9.40. The molecule has 0 aromatic heterocycles. The van der Waals surface area contributed by atoms with Crippen molar-refractivity contribution in [2.45, 2.75) is 58.5 Å². The molecule has 0 aliphatic rings. The van der Waals surface area contributed by atoms with E-state index in [0.717, 1.165) is 12.8 Å². The van der Waals surface area contributed by atoms with Crippen LogP contribution in [0, 0.1) is 0 Å². The second kappa shape index (κ2) is 9.71. The van der Waals surface area contributed by atoms with Crippen molar-refractivity contribution in [1.29, 1.82) is 0 Å². The third-order valence-corrected chi connectivity index (χ3v) is 2.77. The standard InChI is InChI=1S/C13H23ClO2/c1-4-5-6-7-8-9-12(10-14)16-13(15)11(2)3/h12H,2,4-10H2,1,3H3. The van der Waals surface area contributed by atoms with Gasteiger partial charge in [-0.05, 0) is 19.8 Å². The van der Waals surface area contributed by atoms with Gasteiger partial charge in [0.15, 0.2) is 0 Å². The number of carbonyl (C=O) groups excluding carboxylic acids is 1. The predicted molar refractivity (Wildman–Crippen MR) is 68.8 cm³/mol. The molecule has 0 aromatic rings. The molecule has 1 unspecified atom stereocenters. The summed E-state index contributed by atoms with van der Waals surface area (Å²) in [4.78, 5) is 11.3.